The monoisotopic (exact) mass is 402 g/mol. The van der Waals surface area contributed by atoms with Crippen molar-refractivity contribution in [3.8, 4) is 0 Å². The summed E-state index contributed by atoms with van der Waals surface area (Å²) in [4.78, 5) is 33.3. The zero-order chi connectivity index (χ0) is 20.4. The number of pyridine rings is 1. The van der Waals surface area contributed by atoms with Crippen molar-refractivity contribution >= 4 is 46.9 Å². The number of anilines is 4. The van der Waals surface area contributed by atoms with Crippen LogP contribution in [0.3, 0.4) is 0 Å². The number of rotatable bonds is 7. The molecular weight excluding hydrogens is 380 g/mol. The van der Waals surface area contributed by atoms with Crippen molar-refractivity contribution in [3.63, 3.8) is 0 Å². The van der Waals surface area contributed by atoms with E-state index in [-0.39, 0.29) is 12.0 Å². The van der Waals surface area contributed by atoms with Crippen LogP contribution in [0.15, 0.2) is 36.5 Å². The SMILES string of the molecule is CCc1c(N(C=O)c2ccccn2)ccc2c1N(C(C)C(=O)O)C(CCl)N2C. The number of benzene rings is 1. The molecule has 1 amide bonds. The van der Waals surface area contributed by atoms with Crippen molar-refractivity contribution < 1.29 is 14.7 Å². The van der Waals surface area contributed by atoms with Crippen LogP contribution in [0.5, 0.6) is 0 Å². The molecule has 0 aliphatic carbocycles. The van der Waals surface area contributed by atoms with E-state index in [1.54, 1.807) is 25.3 Å². The van der Waals surface area contributed by atoms with Crippen LogP contribution in [-0.4, -0.2) is 47.6 Å². The van der Waals surface area contributed by atoms with Crippen molar-refractivity contribution in [2.45, 2.75) is 32.5 Å². The summed E-state index contributed by atoms with van der Waals surface area (Å²) in [6.45, 7) is 3.63. The molecule has 0 spiro atoms. The minimum atomic E-state index is -0.930. The van der Waals surface area contributed by atoms with Crippen LogP contribution in [0.4, 0.5) is 22.9 Å². The first-order chi connectivity index (χ1) is 13.5. The standard InChI is InChI=1S/C20H23ClN4O3/c1-4-14-15(24(12-26)17-7-5-6-10-22-17)8-9-16-19(14)25(13(2)20(27)28)18(11-21)23(16)3/h5-10,12-13,18H,4,11H2,1-3H3,(H,27,28). The summed E-state index contributed by atoms with van der Waals surface area (Å²) in [7, 11) is 1.90. The Bertz CT molecular complexity index is 877. The van der Waals surface area contributed by atoms with E-state index in [1.807, 2.05) is 42.0 Å². The maximum absolute atomic E-state index is 11.9. The van der Waals surface area contributed by atoms with Crippen molar-refractivity contribution in [2.75, 3.05) is 27.6 Å². The van der Waals surface area contributed by atoms with E-state index in [4.69, 9.17) is 11.6 Å². The molecular formula is C20H23ClN4O3. The number of nitrogens with zero attached hydrogens (tertiary/aromatic N) is 4. The van der Waals surface area contributed by atoms with E-state index in [0.29, 0.717) is 17.9 Å². The van der Waals surface area contributed by atoms with E-state index >= 15 is 0 Å². The third-order valence-corrected chi connectivity index (χ3v) is 5.45. The number of carboxylic acids is 1. The predicted molar refractivity (Wildman–Crippen MR) is 111 cm³/mol. The zero-order valence-corrected chi connectivity index (χ0v) is 16.8. The molecule has 1 aromatic heterocycles. The first-order valence-corrected chi connectivity index (χ1v) is 9.61. The van der Waals surface area contributed by atoms with Crippen LogP contribution in [0.25, 0.3) is 0 Å². The third kappa shape index (κ3) is 3.16. The summed E-state index contributed by atoms with van der Waals surface area (Å²) in [5.74, 6) is -0.176. The second-order valence-electron chi connectivity index (χ2n) is 6.62. The van der Waals surface area contributed by atoms with Crippen molar-refractivity contribution in [3.05, 3.63) is 42.1 Å². The zero-order valence-electron chi connectivity index (χ0n) is 16.0. The van der Waals surface area contributed by atoms with Gasteiger partial charge in [0, 0.05) is 18.8 Å². The smallest absolute Gasteiger partial charge is 0.326 e. The molecule has 1 N–H and O–H groups in total. The second-order valence-corrected chi connectivity index (χ2v) is 6.92. The van der Waals surface area contributed by atoms with E-state index in [1.165, 1.54) is 4.90 Å². The topological polar surface area (TPSA) is 77.0 Å². The average Bonchev–Trinajstić information content (AvgIpc) is 3.00. The fraction of sp³-hybridized carbons (Fsp3) is 0.350. The van der Waals surface area contributed by atoms with Gasteiger partial charge in [-0.05, 0) is 37.6 Å². The molecule has 0 fully saturated rings. The molecule has 3 rings (SSSR count). The summed E-state index contributed by atoms with van der Waals surface area (Å²) in [6.07, 6.45) is 2.68. The molecule has 7 nitrogen and oxygen atoms in total. The number of carboxylic acid groups (broad SMARTS) is 1. The van der Waals surface area contributed by atoms with Gasteiger partial charge in [0.1, 0.15) is 18.0 Å². The highest BCUT2D eigenvalue weighted by molar-refractivity contribution is 6.19. The maximum atomic E-state index is 11.9. The number of halogens is 1. The Morgan fingerprint density at radius 3 is 2.68 bits per heavy atom. The lowest BCUT2D eigenvalue weighted by atomic mass is 10.0. The van der Waals surface area contributed by atoms with Gasteiger partial charge in [0.2, 0.25) is 6.41 Å². The molecule has 0 bridgehead atoms. The summed E-state index contributed by atoms with van der Waals surface area (Å²) in [5, 5.41) is 9.65. The Labute approximate surface area is 169 Å². The predicted octanol–water partition coefficient (Wildman–Crippen LogP) is 3.23. The highest BCUT2D eigenvalue weighted by Gasteiger charge is 2.40. The Balaban J connectivity index is 2.22. The van der Waals surface area contributed by atoms with E-state index < -0.39 is 12.0 Å². The molecule has 2 aromatic rings. The van der Waals surface area contributed by atoms with Gasteiger partial charge in [-0.15, -0.1) is 11.6 Å². The summed E-state index contributed by atoms with van der Waals surface area (Å²) in [5.41, 5.74) is 3.25. The molecule has 1 aliphatic heterocycles. The van der Waals surface area contributed by atoms with E-state index in [0.717, 1.165) is 23.3 Å². The molecule has 0 saturated carbocycles. The van der Waals surface area contributed by atoms with Gasteiger partial charge in [-0.1, -0.05) is 13.0 Å². The molecule has 2 atom stereocenters. The Hall–Kier alpha value is -2.80. The highest BCUT2D eigenvalue weighted by atomic mass is 35.5. The number of aliphatic carboxylic acids is 1. The second kappa shape index (κ2) is 8.06. The van der Waals surface area contributed by atoms with E-state index in [2.05, 4.69) is 4.98 Å². The highest BCUT2D eigenvalue weighted by Crippen LogP contribution is 2.47. The fourth-order valence-electron chi connectivity index (χ4n) is 3.74. The van der Waals surface area contributed by atoms with Crippen LogP contribution in [0.1, 0.15) is 19.4 Å². The number of amides is 1. The number of aromatic nitrogens is 1. The van der Waals surface area contributed by atoms with Gasteiger partial charge in [-0.3, -0.25) is 9.69 Å². The largest absolute Gasteiger partial charge is 0.480 e. The molecule has 28 heavy (non-hydrogen) atoms. The Morgan fingerprint density at radius 1 is 1.39 bits per heavy atom. The Kier molecular flexibility index (Phi) is 5.74. The van der Waals surface area contributed by atoms with Crippen molar-refractivity contribution in [2.24, 2.45) is 0 Å². The van der Waals surface area contributed by atoms with Crippen LogP contribution < -0.4 is 14.7 Å². The van der Waals surface area contributed by atoms with Crippen LogP contribution in [0, 0.1) is 0 Å². The lowest BCUT2D eigenvalue weighted by molar-refractivity contribution is -0.138. The van der Waals surface area contributed by atoms with Crippen LogP contribution in [0.2, 0.25) is 0 Å². The fourth-order valence-corrected chi connectivity index (χ4v) is 4.09. The van der Waals surface area contributed by atoms with Gasteiger partial charge in [-0.2, -0.15) is 0 Å². The molecule has 148 valence electrons. The van der Waals surface area contributed by atoms with Gasteiger partial charge < -0.3 is 14.9 Å². The van der Waals surface area contributed by atoms with Gasteiger partial charge in [0.05, 0.1) is 22.9 Å². The summed E-state index contributed by atoms with van der Waals surface area (Å²) >= 11 is 6.20. The Morgan fingerprint density at radius 2 is 2.14 bits per heavy atom. The maximum Gasteiger partial charge on any atom is 0.326 e. The molecule has 1 aliphatic rings. The third-order valence-electron chi connectivity index (χ3n) is 5.17. The van der Waals surface area contributed by atoms with Gasteiger partial charge in [0.15, 0.2) is 0 Å². The lowest BCUT2D eigenvalue weighted by Crippen LogP contribution is -2.50. The molecule has 8 heteroatoms. The molecule has 2 unspecified atom stereocenters. The molecule has 0 radical (unpaired) electrons. The van der Waals surface area contributed by atoms with Crippen molar-refractivity contribution in [1.29, 1.82) is 0 Å². The number of carbonyl (C=O) groups is 2. The number of alkyl halides is 1. The van der Waals surface area contributed by atoms with Crippen LogP contribution >= 0.6 is 11.6 Å². The summed E-state index contributed by atoms with van der Waals surface area (Å²) < 4.78 is 0. The minimum absolute atomic E-state index is 0.249. The minimum Gasteiger partial charge on any atom is -0.480 e. The van der Waals surface area contributed by atoms with E-state index in [9.17, 15) is 14.7 Å². The molecule has 2 heterocycles. The number of carbonyl (C=O) groups excluding carboxylic acids is 1. The van der Waals surface area contributed by atoms with Gasteiger partial charge in [0.25, 0.3) is 0 Å². The van der Waals surface area contributed by atoms with Gasteiger partial charge >= 0.3 is 5.97 Å². The molecule has 1 aromatic carbocycles. The lowest BCUT2D eigenvalue weighted by Gasteiger charge is -2.33. The normalized spacial score (nSPS) is 16.6. The molecule has 0 saturated heterocycles. The first kappa shape index (κ1) is 19.9. The van der Waals surface area contributed by atoms with Gasteiger partial charge in [-0.25, -0.2) is 9.78 Å². The van der Waals surface area contributed by atoms with Crippen LogP contribution in [-0.2, 0) is 16.0 Å². The average molecular weight is 403 g/mol. The summed E-state index contributed by atoms with van der Waals surface area (Å²) in [6, 6.07) is 8.36. The quantitative estimate of drug-likeness (QED) is 0.566. The number of hydrogen-bond donors (Lipinski definition) is 1. The number of fused-ring (bicyclic) bond motifs is 1. The first-order valence-electron chi connectivity index (χ1n) is 9.07. The number of hydrogen-bond acceptors (Lipinski definition) is 5. The van der Waals surface area contributed by atoms with Crippen molar-refractivity contribution in [1.82, 2.24) is 4.98 Å².